The second-order valence-corrected chi connectivity index (χ2v) is 5.28. The number of nitrogens with zero attached hydrogens (tertiary/aromatic N) is 2. The Kier molecular flexibility index (Phi) is 3.08. The molecule has 6 heteroatoms. The number of carbonyl (C=O) groups excluding carboxylic acids is 2. The number of amides is 3. The Morgan fingerprint density at radius 2 is 2.30 bits per heavy atom. The second-order valence-electron chi connectivity index (χ2n) is 5.28. The molecule has 6 nitrogen and oxygen atoms in total. The van der Waals surface area contributed by atoms with Gasteiger partial charge in [0.15, 0.2) is 5.54 Å². The molecule has 106 valence electrons. The van der Waals surface area contributed by atoms with Crippen molar-refractivity contribution in [1.29, 1.82) is 0 Å². The van der Waals surface area contributed by atoms with Crippen LogP contribution in [0.4, 0.5) is 10.6 Å². The maximum Gasteiger partial charge on any atom is 0.322 e. The Bertz CT molecular complexity index is 560. The first-order valence-electron chi connectivity index (χ1n) is 7.01. The minimum atomic E-state index is -0.941. The summed E-state index contributed by atoms with van der Waals surface area (Å²) in [6.07, 6.45) is 4.50. The van der Waals surface area contributed by atoms with Crippen molar-refractivity contribution in [3.63, 3.8) is 0 Å². The van der Waals surface area contributed by atoms with Gasteiger partial charge < -0.3 is 10.2 Å². The second kappa shape index (κ2) is 4.77. The van der Waals surface area contributed by atoms with Crippen molar-refractivity contribution in [2.24, 2.45) is 0 Å². The summed E-state index contributed by atoms with van der Waals surface area (Å²) in [6, 6.07) is 3.26. The number of hydrogen-bond donors (Lipinski definition) is 2. The average Bonchev–Trinajstić information content (AvgIpc) is 2.74. The summed E-state index contributed by atoms with van der Waals surface area (Å²) in [5, 5.41) is 5.13. The van der Waals surface area contributed by atoms with Crippen LogP contribution in [0.2, 0.25) is 0 Å². The molecule has 1 saturated heterocycles. The Labute approximate surface area is 117 Å². The van der Waals surface area contributed by atoms with Crippen molar-refractivity contribution >= 4 is 17.8 Å². The number of imide groups is 1. The Morgan fingerprint density at radius 1 is 1.45 bits per heavy atom. The molecule has 1 aromatic rings. The lowest BCUT2D eigenvalue weighted by Crippen LogP contribution is -2.51. The number of anilines is 1. The highest BCUT2D eigenvalue weighted by atomic mass is 16.2. The number of fused-ring (bicyclic) bond motifs is 2. The molecule has 2 aliphatic heterocycles. The van der Waals surface area contributed by atoms with Crippen LogP contribution < -0.4 is 15.5 Å². The average molecular weight is 274 g/mol. The van der Waals surface area contributed by atoms with Gasteiger partial charge in [0.05, 0.1) is 0 Å². The number of aromatic nitrogens is 1. The van der Waals surface area contributed by atoms with Gasteiger partial charge in [-0.25, -0.2) is 9.78 Å². The van der Waals surface area contributed by atoms with Crippen LogP contribution in [0.15, 0.2) is 18.3 Å². The summed E-state index contributed by atoms with van der Waals surface area (Å²) in [6.45, 7) is 3.79. The van der Waals surface area contributed by atoms with E-state index in [0.29, 0.717) is 6.42 Å². The molecule has 0 saturated carbocycles. The highest BCUT2D eigenvalue weighted by Crippen LogP contribution is 2.38. The van der Waals surface area contributed by atoms with Crippen molar-refractivity contribution in [2.75, 3.05) is 18.0 Å². The molecule has 1 unspecified atom stereocenters. The van der Waals surface area contributed by atoms with Crippen LogP contribution in [-0.2, 0) is 10.3 Å². The first-order chi connectivity index (χ1) is 9.67. The maximum atomic E-state index is 12.2. The summed E-state index contributed by atoms with van der Waals surface area (Å²) in [5.41, 5.74) is -0.144. The third kappa shape index (κ3) is 1.83. The van der Waals surface area contributed by atoms with E-state index in [-0.39, 0.29) is 5.91 Å². The summed E-state index contributed by atoms with van der Waals surface area (Å²) in [4.78, 5) is 30.3. The number of rotatable bonds is 3. The van der Waals surface area contributed by atoms with E-state index >= 15 is 0 Å². The van der Waals surface area contributed by atoms with Crippen molar-refractivity contribution in [3.05, 3.63) is 23.9 Å². The van der Waals surface area contributed by atoms with E-state index in [1.54, 1.807) is 6.20 Å². The molecule has 0 bridgehead atoms. The Balaban J connectivity index is 2.01. The van der Waals surface area contributed by atoms with Gasteiger partial charge in [-0.1, -0.05) is 19.4 Å². The van der Waals surface area contributed by atoms with Crippen LogP contribution in [0.1, 0.15) is 31.7 Å². The maximum absolute atomic E-state index is 12.2. The molecule has 2 aliphatic rings. The minimum absolute atomic E-state index is 0.271. The fraction of sp³-hybridized carbons (Fsp3) is 0.500. The Morgan fingerprint density at radius 3 is 3.00 bits per heavy atom. The van der Waals surface area contributed by atoms with Gasteiger partial charge in [-0.15, -0.1) is 0 Å². The zero-order chi connectivity index (χ0) is 14.2. The number of pyridine rings is 1. The lowest BCUT2D eigenvalue weighted by molar-refractivity contribution is -0.124. The van der Waals surface area contributed by atoms with E-state index in [2.05, 4.69) is 27.4 Å². The molecule has 0 radical (unpaired) electrons. The van der Waals surface area contributed by atoms with E-state index in [4.69, 9.17) is 0 Å². The number of nitrogens with one attached hydrogen (secondary N) is 2. The van der Waals surface area contributed by atoms with Gasteiger partial charge >= 0.3 is 6.03 Å². The normalized spacial score (nSPS) is 24.6. The smallest absolute Gasteiger partial charge is 0.322 e. The summed E-state index contributed by atoms with van der Waals surface area (Å²) < 4.78 is 0. The summed E-state index contributed by atoms with van der Waals surface area (Å²) in [7, 11) is 0. The van der Waals surface area contributed by atoms with Crippen LogP contribution in [0.25, 0.3) is 0 Å². The van der Waals surface area contributed by atoms with E-state index in [9.17, 15) is 9.59 Å². The lowest BCUT2D eigenvalue weighted by Gasteiger charge is -2.39. The van der Waals surface area contributed by atoms with Crippen LogP contribution in [0, 0.1) is 0 Å². The van der Waals surface area contributed by atoms with Crippen molar-refractivity contribution in [3.8, 4) is 0 Å². The van der Waals surface area contributed by atoms with Gasteiger partial charge in [0.1, 0.15) is 5.82 Å². The molecule has 3 rings (SSSR count). The summed E-state index contributed by atoms with van der Waals surface area (Å²) >= 11 is 0. The van der Waals surface area contributed by atoms with Gasteiger partial charge in [0.25, 0.3) is 5.91 Å². The van der Waals surface area contributed by atoms with Gasteiger partial charge in [-0.05, 0) is 12.5 Å². The molecule has 1 fully saturated rings. The standard InChI is InChI=1S/C14H18N4O2/c1-2-3-8-18-9-6-14(12(19)16-13(20)17-14)10-5-4-7-15-11(10)18/h4-5,7H,2-3,6,8-9H2,1H3,(H2,16,17,19,20). The molecule has 0 aliphatic carbocycles. The molecule has 3 heterocycles. The van der Waals surface area contributed by atoms with E-state index in [1.807, 2.05) is 12.1 Å². The fourth-order valence-corrected chi connectivity index (χ4v) is 2.95. The van der Waals surface area contributed by atoms with Gasteiger partial charge in [0.2, 0.25) is 0 Å². The van der Waals surface area contributed by atoms with Crippen LogP contribution in [-0.4, -0.2) is 30.0 Å². The zero-order valence-electron chi connectivity index (χ0n) is 11.5. The highest BCUT2D eigenvalue weighted by molar-refractivity contribution is 6.08. The van der Waals surface area contributed by atoms with Crippen molar-refractivity contribution in [2.45, 2.75) is 31.7 Å². The SMILES string of the molecule is CCCCN1CCC2(NC(=O)NC2=O)c2cccnc21. The first-order valence-corrected chi connectivity index (χ1v) is 7.01. The van der Waals surface area contributed by atoms with Gasteiger partial charge in [0, 0.05) is 31.3 Å². The molecule has 2 N–H and O–H groups in total. The molecule has 0 aromatic carbocycles. The molecular weight excluding hydrogens is 256 g/mol. The molecule has 1 atom stereocenters. The third-order valence-electron chi connectivity index (χ3n) is 4.03. The van der Waals surface area contributed by atoms with E-state index in [0.717, 1.165) is 37.3 Å². The van der Waals surface area contributed by atoms with Crippen LogP contribution in [0.5, 0.6) is 0 Å². The van der Waals surface area contributed by atoms with Crippen molar-refractivity contribution < 1.29 is 9.59 Å². The predicted molar refractivity (Wildman–Crippen MR) is 74.3 cm³/mol. The predicted octanol–water partition coefficient (Wildman–Crippen LogP) is 1.13. The number of hydrogen-bond acceptors (Lipinski definition) is 4. The topological polar surface area (TPSA) is 74.3 Å². The number of unbranched alkanes of at least 4 members (excludes halogenated alkanes) is 1. The minimum Gasteiger partial charge on any atom is -0.356 e. The third-order valence-corrected chi connectivity index (χ3v) is 4.03. The van der Waals surface area contributed by atoms with Crippen molar-refractivity contribution in [1.82, 2.24) is 15.6 Å². The number of carbonyl (C=O) groups is 2. The van der Waals surface area contributed by atoms with Gasteiger partial charge in [-0.2, -0.15) is 0 Å². The van der Waals surface area contributed by atoms with Crippen LogP contribution in [0.3, 0.4) is 0 Å². The molecular formula is C14H18N4O2. The first kappa shape index (κ1) is 12.9. The van der Waals surface area contributed by atoms with Crippen LogP contribution >= 0.6 is 0 Å². The zero-order valence-corrected chi connectivity index (χ0v) is 11.5. The lowest BCUT2D eigenvalue weighted by atomic mass is 9.83. The monoisotopic (exact) mass is 274 g/mol. The quantitative estimate of drug-likeness (QED) is 0.810. The fourth-order valence-electron chi connectivity index (χ4n) is 2.95. The van der Waals surface area contributed by atoms with Gasteiger partial charge in [-0.3, -0.25) is 10.1 Å². The molecule has 20 heavy (non-hydrogen) atoms. The van der Waals surface area contributed by atoms with E-state index in [1.165, 1.54) is 0 Å². The largest absolute Gasteiger partial charge is 0.356 e. The molecule has 3 amide bonds. The van der Waals surface area contributed by atoms with E-state index < -0.39 is 11.6 Å². The molecule has 1 spiro atoms. The molecule has 1 aromatic heterocycles. The number of urea groups is 1. The summed E-state index contributed by atoms with van der Waals surface area (Å²) in [5.74, 6) is 0.538. The Hall–Kier alpha value is -2.11. The highest BCUT2D eigenvalue weighted by Gasteiger charge is 2.51.